The van der Waals surface area contributed by atoms with E-state index in [1.165, 1.54) is 40.3 Å². The average Bonchev–Trinajstić information content (AvgIpc) is 1.51. The molecule has 0 atom stereocenters. The molecule has 0 saturated carbocycles. The third-order valence-electron chi connectivity index (χ3n) is 19.9. The number of aromatic nitrogens is 6. The smallest absolute Gasteiger partial charge is 0.213 e. The summed E-state index contributed by atoms with van der Waals surface area (Å²) in [6.45, 7) is 9.97. The highest BCUT2D eigenvalue weighted by Gasteiger charge is 2.34. The van der Waals surface area contributed by atoms with Crippen molar-refractivity contribution in [2.45, 2.75) is 0 Å². The molecule has 0 aliphatic rings. The molecule has 0 radical (unpaired) electrons. The zero-order valence-electron chi connectivity index (χ0n) is 52.1. The molecule has 7 heterocycles. The van der Waals surface area contributed by atoms with Gasteiger partial charge in [0.25, 0.3) is 0 Å². The molecule has 0 bridgehead atoms. The van der Waals surface area contributed by atoms with Crippen LogP contribution >= 0.6 is 22.7 Å². The summed E-state index contributed by atoms with van der Waals surface area (Å²) in [5.41, 5.74) is 16.7. The Morgan fingerprint density at radius 2 is 0.714 bits per heavy atom. The maximum absolute atomic E-state index is 9.97. The number of hydrogen-bond donors (Lipinski definition) is 0. The fourth-order valence-electron chi connectivity index (χ4n) is 15.6. The Bertz CT molecular complexity index is 6930. The van der Waals surface area contributed by atoms with Gasteiger partial charge in [0.1, 0.15) is 11.2 Å². The van der Waals surface area contributed by atoms with Gasteiger partial charge in [-0.2, -0.15) is 0 Å². The lowest BCUT2D eigenvalue weighted by molar-refractivity contribution is 0.673. The Balaban J connectivity index is 1.02. The Morgan fingerprint density at radius 1 is 0.296 bits per heavy atom. The van der Waals surface area contributed by atoms with Gasteiger partial charge in [-0.25, -0.2) is 19.8 Å². The molecule has 0 spiro atoms. The second kappa shape index (κ2) is 21.1. The van der Waals surface area contributed by atoms with Gasteiger partial charge in [0.05, 0.1) is 62.1 Å². The lowest BCUT2D eigenvalue weighted by Crippen LogP contribution is -2.12. The predicted molar refractivity (Wildman–Crippen MR) is 409 cm³/mol. The van der Waals surface area contributed by atoms with Crippen LogP contribution in [0.3, 0.4) is 0 Å². The van der Waals surface area contributed by atoms with Crippen molar-refractivity contribution in [1.82, 2.24) is 28.7 Å². The first-order valence-corrected chi connectivity index (χ1v) is 34.4. The fraction of sp³-hybridized carbons (Fsp3) is 0. The van der Waals surface area contributed by atoms with E-state index in [1.54, 1.807) is 0 Å². The van der Waals surface area contributed by atoms with E-state index in [9.17, 15) is 6.57 Å². The van der Waals surface area contributed by atoms with Crippen molar-refractivity contribution < 1.29 is 4.42 Å². The van der Waals surface area contributed by atoms with E-state index < -0.39 is 0 Å². The summed E-state index contributed by atoms with van der Waals surface area (Å²) in [6.07, 6.45) is 0. The molecule has 7 aromatic heterocycles. The summed E-state index contributed by atoms with van der Waals surface area (Å²) in [7, 11) is 0. The second-order valence-corrected chi connectivity index (χ2v) is 27.3. The lowest BCUT2D eigenvalue weighted by atomic mass is 10.0. The largest absolute Gasteiger partial charge is 0.455 e. The van der Waals surface area contributed by atoms with E-state index in [4.69, 9.17) is 24.2 Å². The van der Waals surface area contributed by atoms with E-state index in [2.05, 4.69) is 268 Å². The number of hydrogen-bond acceptors (Lipinski definition) is 6. The van der Waals surface area contributed by atoms with Crippen molar-refractivity contribution in [3.8, 4) is 73.5 Å². The number of nitrogens with zero attached hydrogens (tertiary/aromatic N) is 7. The summed E-state index contributed by atoms with van der Waals surface area (Å²) in [5, 5.41) is 13.2. The van der Waals surface area contributed by atoms with E-state index in [1.807, 2.05) is 65.1 Å². The SMILES string of the molecule is [C-]#[N+]c1cc(-c2nc(-c3ccccc3)nc(-c3ccccc3)n2)c(-n2c3ccc(-c4ccccc4)cc3c3c4sc5ccccc5c4ccc32)c(-n2c3ccccc3c3c4oc5ccccc5c4ccc32)c1-n1c2ccc(-c3ccccc3)cc2c2c3sc4ccccc4c3ccc21. The molecule has 14 aromatic carbocycles. The number of fused-ring (bicyclic) bond motifs is 21. The van der Waals surface area contributed by atoms with Crippen molar-refractivity contribution in [3.05, 3.63) is 309 Å². The molecule has 8 nitrogen and oxygen atoms in total. The number of para-hydroxylation sites is 2. The van der Waals surface area contributed by atoms with E-state index in [0.29, 0.717) is 34.4 Å². The fourth-order valence-corrected chi connectivity index (χ4v) is 18.1. The summed E-state index contributed by atoms with van der Waals surface area (Å²) in [5.74, 6) is 1.42. The van der Waals surface area contributed by atoms with Crippen LogP contribution in [0.2, 0.25) is 0 Å². The maximum atomic E-state index is 9.97. The van der Waals surface area contributed by atoms with E-state index in [0.717, 1.165) is 132 Å². The van der Waals surface area contributed by atoms with Gasteiger partial charge in [0, 0.05) is 94.7 Å². The molecule has 0 aliphatic heterocycles. The first kappa shape index (κ1) is 54.6. The van der Waals surface area contributed by atoms with Gasteiger partial charge in [0.2, 0.25) is 5.69 Å². The number of furan rings is 1. The van der Waals surface area contributed by atoms with Gasteiger partial charge in [-0.15, -0.1) is 22.7 Å². The maximum Gasteiger partial charge on any atom is 0.213 e. The minimum atomic E-state index is 0.402. The highest BCUT2D eigenvalue weighted by atomic mass is 32.1. The van der Waals surface area contributed by atoms with Gasteiger partial charge in [0.15, 0.2) is 17.5 Å². The monoisotopic (exact) mass is 1280 g/mol. The molecule has 0 amide bonds. The van der Waals surface area contributed by atoms with Crippen LogP contribution in [0.5, 0.6) is 0 Å². The lowest BCUT2D eigenvalue weighted by Gasteiger charge is -2.26. The van der Waals surface area contributed by atoms with Crippen molar-refractivity contribution in [2.75, 3.05) is 0 Å². The Labute approximate surface area is 567 Å². The van der Waals surface area contributed by atoms with Crippen LogP contribution in [0.15, 0.2) is 302 Å². The van der Waals surface area contributed by atoms with Gasteiger partial charge in [-0.1, -0.05) is 218 Å². The van der Waals surface area contributed by atoms with Crippen LogP contribution in [0.4, 0.5) is 5.69 Å². The Kier molecular flexibility index (Phi) is 11.8. The average molecular weight is 1280 g/mol. The molecular formula is C88H49N7OS2. The van der Waals surface area contributed by atoms with Crippen LogP contribution in [-0.4, -0.2) is 28.7 Å². The molecule has 21 aromatic rings. The summed E-state index contributed by atoms with van der Waals surface area (Å²) >= 11 is 3.66. The van der Waals surface area contributed by atoms with Gasteiger partial charge >= 0.3 is 0 Å². The number of thiophene rings is 2. The normalized spacial score (nSPS) is 12.1. The van der Waals surface area contributed by atoms with Crippen LogP contribution in [0.25, 0.3) is 206 Å². The van der Waals surface area contributed by atoms with Crippen molar-refractivity contribution in [2.24, 2.45) is 0 Å². The van der Waals surface area contributed by atoms with Crippen LogP contribution in [0, 0.1) is 6.57 Å². The molecule has 0 saturated heterocycles. The molecule has 98 heavy (non-hydrogen) atoms. The van der Waals surface area contributed by atoms with Crippen LogP contribution in [0.1, 0.15) is 0 Å². The second-order valence-electron chi connectivity index (χ2n) is 25.2. The summed E-state index contributed by atoms with van der Waals surface area (Å²) in [6, 6.07) is 106. The van der Waals surface area contributed by atoms with Crippen molar-refractivity contribution >= 4 is 156 Å². The van der Waals surface area contributed by atoms with Crippen LogP contribution in [-0.2, 0) is 0 Å². The quantitative estimate of drug-likeness (QED) is 0.142. The number of rotatable bonds is 8. The first-order chi connectivity index (χ1) is 48.6. The van der Waals surface area contributed by atoms with Crippen molar-refractivity contribution in [1.29, 1.82) is 0 Å². The standard InChI is InChI=1S/C88H49N7OS2/c1-89-67-50-66(88-91-86(53-26-10-4-11-27-53)90-87(92-88)54-28-12-5-13-29-54)80(93-69-43-38-55(51-22-6-2-7-23-51)48-64(69)78-72(93)46-41-61-58-31-16-20-36-75(58)97-84(61)78)82(95-68-34-18-14-33-63(68)77-71(95)45-40-60-57-30-15-19-35-74(57)96-83(60)77)81(67)94-70-44-39-56(52-24-8-3-9-25-52)49-65(70)79-73(94)47-42-62-59-32-17-21-37-76(59)98-85(62)79/h2-50H. The van der Waals surface area contributed by atoms with Crippen molar-refractivity contribution in [3.63, 3.8) is 0 Å². The van der Waals surface area contributed by atoms with E-state index in [-0.39, 0.29) is 0 Å². The first-order valence-electron chi connectivity index (χ1n) is 32.8. The van der Waals surface area contributed by atoms with Crippen LogP contribution < -0.4 is 0 Å². The highest BCUT2D eigenvalue weighted by Crippen LogP contribution is 2.54. The van der Waals surface area contributed by atoms with E-state index >= 15 is 0 Å². The van der Waals surface area contributed by atoms with Gasteiger partial charge < -0.3 is 18.1 Å². The third-order valence-corrected chi connectivity index (χ3v) is 22.3. The van der Waals surface area contributed by atoms with Gasteiger partial charge in [-0.05, 0) is 101 Å². The molecule has 0 fully saturated rings. The number of benzene rings is 14. The highest BCUT2D eigenvalue weighted by molar-refractivity contribution is 7.27. The Morgan fingerprint density at radius 3 is 1.27 bits per heavy atom. The molecule has 0 N–H and O–H groups in total. The van der Waals surface area contributed by atoms with Gasteiger partial charge in [-0.3, -0.25) is 0 Å². The zero-order chi connectivity index (χ0) is 64.3. The minimum absolute atomic E-state index is 0.402. The minimum Gasteiger partial charge on any atom is -0.455 e. The molecule has 10 heteroatoms. The molecule has 454 valence electrons. The Hall–Kier alpha value is -12.8. The summed E-state index contributed by atoms with van der Waals surface area (Å²) in [4.78, 5) is 21.5. The molecular weight excluding hydrogens is 1240 g/mol. The predicted octanol–water partition coefficient (Wildman–Crippen LogP) is 24.7. The molecule has 0 unspecified atom stereocenters. The molecule has 21 rings (SSSR count). The molecule has 0 aliphatic carbocycles. The topological polar surface area (TPSA) is 71.0 Å². The zero-order valence-corrected chi connectivity index (χ0v) is 53.8. The third kappa shape index (κ3) is 7.94. The summed E-state index contributed by atoms with van der Waals surface area (Å²) < 4.78 is 19.2.